The maximum absolute atomic E-state index is 12.7. The number of halogens is 3. The standard InChI is InChI=1S/C17H13F3O6/c18-17(19,20)11-3-1-10(2-4-11)13-7-12(25-8-15(21)22)5-6-14(13)26-9-16(23)24/h1-7H,8-9H2,(H,21,22)(H,23,24). The first kappa shape index (κ1) is 19.1. The summed E-state index contributed by atoms with van der Waals surface area (Å²) in [6.45, 7) is -1.26. The van der Waals surface area contributed by atoms with E-state index < -0.39 is 36.9 Å². The highest BCUT2D eigenvalue weighted by molar-refractivity contribution is 5.74. The molecule has 138 valence electrons. The zero-order valence-electron chi connectivity index (χ0n) is 13.1. The predicted octanol–water partition coefficient (Wildman–Crippen LogP) is 3.30. The van der Waals surface area contributed by atoms with Crippen LogP contribution in [0.15, 0.2) is 42.5 Å². The minimum atomic E-state index is -4.49. The second-order valence-corrected chi connectivity index (χ2v) is 5.10. The minimum Gasteiger partial charge on any atom is -0.482 e. The Kier molecular flexibility index (Phi) is 5.71. The number of benzene rings is 2. The molecule has 0 bridgehead atoms. The summed E-state index contributed by atoms with van der Waals surface area (Å²) in [4.78, 5) is 21.3. The van der Waals surface area contributed by atoms with Gasteiger partial charge in [-0.2, -0.15) is 13.2 Å². The quantitative estimate of drug-likeness (QED) is 0.777. The van der Waals surface area contributed by atoms with Crippen molar-refractivity contribution in [2.45, 2.75) is 6.18 Å². The minimum absolute atomic E-state index is 0.106. The maximum Gasteiger partial charge on any atom is 0.416 e. The Labute approximate surface area is 145 Å². The van der Waals surface area contributed by atoms with Gasteiger partial charge in [-0.3, -0.25) is 0 Å². The smallest absolute Gasteiger partial charge is 0.416 e. The topological polar surface area (TPSA) is 93.1 Å². The summed E-state index contributed by atoms with van der Waals surface area (Å²) in [7, 11) is 0. The molecule has 2 aromatic rings. The molecule has 2 rings (SSSR count). The molecule has 0 saturated carbocycles. The third kappa shape index (κ3) is 5.13. The number of aliphatic carboxylic acids is 2. The molecule has 0 heterocycles. The highest BCUT2D eigenvalue weighted by Gasteiger charge is 2.30. The van der Waals surface area contributed by atoms with E-state index >= 15 is 0 Å². The average molecular weight is 370 g/mol. The molecule has 0 unspecified atom stereocenters. The molecule has 0 saturated heterocycles. The van der Waals surface area contributed by atoms with Gasteiger partial charge in [0.15, 0.2) is 13.2 Å². The van der Waals surface area contributed by atoms with Gasteiger partial charge in [0, 0.05) is 5.56 Å². The van der Waals surface area contributed by atoms with Crippen LogP contribution in [0.4, 0.5) is 13.2 Å². The summed E-state index contributed by atoms with van der Waals surface area (Å²) in [5.74, 6) is -2.18. The summed E-state index contributed by atoms with van der Waals surface area (Å²) < 4.78 is 48.2. The average Bonchev–Trinajstić information content (AvgIpc) is 2.57. The summed E-state index contributed by atoms with van der Waals surface area (Å²) >= 11 is 0. The zero-order chi connectivity index (χ0) is 19.3. The number of carboxylic acid groups (broad SMARTS) is 2. The molecular formula is C17H13F3O6. The molecule has 0 atom stereocenters. The number of carbonyl (C=O) groups is 2. The highest BCUT2D eigenvalue weighted by atomic mass is 19.4. The van der Waals surface area contributed by atoms with Crippen molar-refractivity contribution < 1.29 is 42.4 Å². The number of alkyl halides is 3. The van der Waals surface area contributed by atoms with Gasteiger partial charge in [-0.15, -0.1) is 0 Å². The second kappa shape index (κ2) is 7.77. The van der Waals surface area contributed by atoms with E-state index in [4.69, 9.17) is 19.7 Å². The summed E-state index contributed by atoms with van der Waals surface area (Å²) in [6.07, 6.45) is -4.49. The molecule has 0 aliphatic heterocycles. The number of hydrogen-bond donors (Lipinski definition) is 2. The Morgan fingerprint density at radius 2 is 1.46 bits per heavy atom. The first-order valence-corrected chi connectivity index (χ1v) is 7.17. The lowest BCUT2D eigenvalue weighted by molar-refractivity contribution is -0.140. The van der Waals surface area contributed by atoms with Crippen LogP contribution in [0.2, 0.25) is 0 Å². The van der Waals surface area contributed by atoms with Crippen LogP contribution in [0.3, 0.4) is 0 Å². The third-order valence-corrected chi connectivity index (χ3v) is 3.19. The Bertz CT molecular complexity index is 799. The summed E-state index contributed by atoms with van der Waals surface area (Å²) in [5.41, 5.74) is -0.255. The first-order chi connectivity index (χ1) is 12.2. The fraction of sp³-hybridized carbons (Fsp3) is 0.176. The van der Waals surface area contributed by atoms with E-state index in [2.05, 4.69) is 0 Å². The van der Waals surface area contributed by atoms with Crippen LogP contribution in [0.5, 0.6) is 11.5 Å². The van der Waals surface area contributed by atoms with Gasteiger partial charge in [0.05, 0.1) is 5.56 Å². The molecule has 0 aliphatic rings. The molecule has 0 radical (unpaired) electrons. The molecule has 6 nitrogen and oxygen atoms in total. The second-order valence-electron chi connectivity index (χ2n) is 5.10. The van der Waals surface area contributed by atoms with Crippen molar-refractivity contribution in [2.75, 3.05) is 13.2 Å². The van der Waals surface area contributed by atoms with Gasteiger partial charge in [-0.05, 0) is 35.9 Å². The maximum atomic E-state index is 12.7. The van der Waals surface area contributed by atoms with Crippen LogP contribution < -0.4 is 9.47 Å². The molecule has 0 spiro atoms. The van der Waals surface area contributed by atoms with E-state index in [-0.39, 0.29) is 17.1 Å². The lowest BCUT2D eigenvalue weighted by Gasteiger charge is -2.14. The number of ether oxygens (including phenoxy) is 2. The summed E-state index contributed by atoms with van der Waals surface area (Å²) in [6, 6.07) is 8.24. The number of hydrogen-bond acceptors (Lipinski definition) is 4. The Balaban J connectivity index is 2.39. The van der Waals surface area contributed by atoms with Gasteiger partial charge < -0.3 is 19.7 Å². The monoisotopic (exact) mass is 370 g/mol. The van der Waals surface area contributed by atoms with Gasteiger partial charge in [-0.25, -0.2) is 9.59 Å². The van der Waals surface area contributed by atoms with Gasteiger partial charge in [0.1, 0.15) is 11.5 Å². The Morgan fingerprint density at radius 1 is 0.885 bits per heavy atom. The van der Waals surface area contributed by atoms with Gasteiger partial charge in [0.25, 0.3) is 0 Å². The van der Waals surface area contributed by atoms with Crippen molar-refractivity contribution in [3.05, 3.63) is 48.0 Å². The molecule has 0 aliphatic carbocycles. The van der Waals surface area contributed by atoms with Crippen LogP contribution >= 0.6 is 0 Å². The molecule has 9 heteroatoms. The van der Waals surface area contributed by atoms with E-state index in [1.807, 2.05) is 0 Å². The SMILES string of the molecule is O=C(O)COc1ccc(OCC(=O)O)c(-c2ccc(C(F)(F)F)cc2)c1. The molecular weight excluding hydrogens is 357 g/mol. The van der Waals surface area contributed by atoms with Crippen LogP contribution in [0, 0.1) is 0 Å². The van der Waals surface area contributed by atoms with Gasteiger partial charge >= 0.3 is 18.1 Å². The lowest BCUT2D eigenvalue weighted by Crippen LogP contribution is -2.11. The number of carboxylic acids is 2. The zero-order valence-corrected chi connectivity index (χ0v) is 13.1. The van der Waals surface area contributed by atoms with Crippen LogP contribution in [-0.4, -0.2) is 35.4 Å². The Hall–Kier alpha value is -3.23. The van der Waals surface area contributed by atoms with Crippen molar-refractivity contribution in [3.8, 4) is 22.6 Å². The number of rotatable bonds is 7. The van der Waals surface area contributed by atoms with Crippen LogP contribution in [0.1, 0.15) is 5.56 Å². The fourth-order valence-corrected chi connectivity index (χ4v) is 2.07. The molecule has 0 fully saturated rings. The normalized spacial score (nSPS) is 11.0. The largest absolute Gasteiger partial charge is 0.482 e. The molecule has 0 aromatic heterocycles. The molecule has 2 aromatic carbocycles. The van der Waals surface area contributed by atoms with Crippen molar-refractivity contribution in [1.29, 1.82) is 0 Å². The van der Waals surface area contributed by atoms with Crippen LogP contribution in [-0.2, 0) is 15.8 Å². The van der Waals surface area contributed by atoms with Gasteiger partial charge in [-0.1, -0.05) is 12.1 Å². The molecule has 0 amide bonds. The van der Waals surface area contributed by atoms with Crippen LogP contribution in [0.25, 0.3) is 11.1 Å². The fourth-order valence-electron chi connectivity index (χ4n) is 2.07. The van der Waals surface area contributed by atoms with E-state index in [0.29, 0.717) is 5.56 Å². The van der Waals surface area contributed by atoms with E-state index in [9.17, 15) is 22.8 Å². The molecule has 26 heavy (non-hydrogen) atoms. The van der Waals surface area contributed by atoms with E-state index in [1.165, 1.54) is 30.3 Å². The van der Waals surface area contributed by atoms with Gasteiger partial charge in [0.2, 0.25) is 0 Å². The predicted molar refractivity (Wildman–Crippen MR) is 83.1 cm³/mol. The van der Waals surface area contributed by atoms with Crippen molar-refractivity contribution in [1.82, 2.24) is 0 Å². The Morgan fingerprint density at radius 3 is 2.00 bits per heavy atom. The third-order valence-electron chi connectivity index (χ3n) is 3.19. The summed E-state index contributed by atoms with van der Waals surface area (Å²) in [5, 5.41) is 17.4. The molecule has 2 N–H and O–H groups in total. The van der Waals surface area contributed by atoms with E-state index in [0.717, 1.165) is 12.1 Å². The van der Waals surface area contributed by atoms with Crippen molar-refractivity contribution >= 4 is 11.9 Å². The van der Waals surface area contributed by atoms with Crippen molar-refractivity contribution in [3.63, 3.8) is 0 Å². The highest BCUT2D eigenvalue weighted by Crippen LogP contribution is 2.36. The van der Waals surface area contributed by atoms with Crippen molar-refractivity contribution in [2.24, 2.45) is 0 Å². The van der Waals surface area contributed by atoms with E-state index in [1.54, 1.807) is 0 Å². The lowest BCUT2D eigenvalue weighted by atomic mass is 10.0. The first-order valence-electron chi connectivity index (χ1n) is 7.17.